The van der Waals surface area contributed by atoms with Crippen molar-refractivity contribution in [1.82, 2.24) is 9.62 Å². The first kappa shape index (κ1) is 20.4. The minimum Gasteiger partial charge on any atom is -0.352 e. The summed E-state index contributed by atoms with van der Waals surface area (Å²) in [4.78, 5) is 12.5. The summed E-state index contributed by atoms with van der Waals surface area (Å²) in [6, 6.07) is 11.1. The van der Waals surface area contributed by atoms with E-state index in [1.54, 1.807) is 18.2 Å². The molecule has 1 atom stereocenters. The number of hydrogen-bond acceptors (Lipinski definition) is 3. The second-order valence-electron chi connectivity index (χ2n) is 6.76. The maximum absolute atomic E-state index is 13.7. The van der Waals surface area contributed by atoms with Gasteiger partial charge in [0.2, 0.25) is 15.9 Å². The molecule has 1 aliphatic rings. The summed E-state index contributed by atoms with van der Waals surface area (Å²) in [7, 11) is -3.70. The van der Waals surface area contributed by atoms with Crippen molar-refractivity contribution in [3.63, 3.8) is 0 Å². The second kappa shape index (κ2) is 8.79. The van der Waals surface area contributed by atoms with Crippen molar-refractivity contribution in [2.75, 3.05) is 6.54 Å². The number of hydrogen-bond donors (Lipinski definition) is 1. The average Bonchev–Trinajstić information content (AvgIpc) is 2.68. The minimum absolute atomic E-state index is 0.0534. The van der Waals surface area contributed by atoms with E-state index in [1.165, 1.54) is 22.5 Å². The predicted molar refractivity (Wildman–Crippen MR) is 101 cm³/mol. The predicted octanol–water partition coefficient (Wildman–Crippen LogP) is 3.21. The van der Waals surface area contributed by atoms with E-state index < -0.39 is 33.6 Å². The van der Waals surface area contributed by atoms with Gasteiger partial charge in [-0.25, -0.2) is 17.2 Å². The van der Waals surface area contributed by atoms with Gasteiger partial charge in [-0.1, -0.05) is 30.7 Å². The maximum Gasteiger partial charge on any atom is 0.243 e. The van der Waals surface area contributed by atoms with Gasteiger partial charge in [-0.2, -0.15) is 4.31 Å². The van der Waals surface area contributed by atoms with E-state index in [9.17, 15) is 22.0 Å². The molecule has 150 valence electrons. The van der Waals surface area contributed by atoms with Crippen molar-refractivity contribution < 1.29 is 22.0 Å². The number of amides is 1. The molecule has 1 amide bonds. The van der Waals surface area contributed by atoms with Crippen LogP contribution in [0.1, 0.15) is 31.2 Å². The molecule has 8 heteroatoms. The first-order valence-electron chi connectivity index (χ1n) is 9.16. The molecule has 1 N–H and O–H groups in total. The van der Waals surface area contributed by atoms with E-state index in [4.69, 9.17) is 0 Å². The second-order valence-corrected chi connectivity index (χ2v) is 8.65. The van der Waals surface area contributed by atoms with E-state index in [1.807, 2.05) is 0 Å². The van der Waals surface area contributed by atoms with Crippen LogP contribution in [0.2, 0.25) is 0 Å². The molecule has 1 aliphatic heterocycles. The van der Waals surface area contributed by atoms with Crippen molar-refractivity contribution in [2.45, 2.75) is 43.2 Å². The van der Waals surface area contributed by atoms with E-state index in [2.05, 4.69) is 5.32 Å². The van der Waals surface area contributed by atoms with Gasteiger partial charge in [-0.3, -0.25) is 4.79 Å². The van der Waals surface area contributed by atoms with Crippen molar-refractivity contribution in [3.05, 3.63) is 65.7 Å². The van der Waals surface area contributed by atoms with Crippen LogP contribution in [-0.4, -0.2) is 31.2 Å². The number of carbonyl (C=O) groups excluding carboxylic acids is 1. The van der Waals surface area contributed by atoms with Gasteiger partial charge < -0.3 is 5.32 Å². The summed E-state index contributed by atoms with van der Waals surface area (Å²) in [6.07, 6.45) is 2.06. The lowest BCUT2D eigenvalue weighted by atomic mass is 10.0. The first-order chi connectivity index (χ1) is 13.4. The SMILES string of the molecule is O=C(CC1CCCCN1S(=O)(=O)c1ccccc1)NCc1c(F)cccc1F. The zero-order valence-corrected chi connectivity index (χ0v) is 16.1. The van der Waals surface area contributed by atoms with Gasteiger partial charge in [-0.15, -0.1) is 0 Å². The van der Waals surface area contributed by atoms with Crippen LogP contribution in [0, 0.1) is 11.6 Å². The van der Waals surface area contributed by atoms with Gasteiger partial charge in [0.05, 0.1) is 4.90 Å². The molecule has 0 aliphatic carbocycles. The number of halogens is 2. The Balaban J connectivity index is 1.68. The van der Waals surface area contributed by atoms with Crippen LogP contribution in [0.15, 0.2) is 53.4 Å². The number of benzene rings is 2. The lowest BCUT2D eigenvalue weighted by Gasteiger charge is -2.34. The van der Waals surface area contributed by atoms with Gasteiger partial charge in [0, 0.05) is 31.1 Å². The third-order valence-electron chi connectivity index (χ3n) is 4.87. The van der Waals surface area contributed by atoms with E-state index in [0.717, 1.165) is 25.0 Å². The van der Waals surface area contributed by atoms with Gasteiger partial charge in [0.1, 0.15) is 11.6 Å². The van der Waals surface area contributed by atoms with Crippen molar-refractivity contribution in [1.29, 1.82) is 0 Å². The van der Waals surface area contributed by atoms with E-state index in [-0.39, 0.29) is 23.4 Å². The Morgan fingerprint density at radius 2 is 1.71 bits per heavy atom. The van der Waals surface area contributed by atoms with Crippen molar-refractivity contribution >= 4 is 15.9 Å². The molecule has 28 heavy (non-hydrogen) atoms. The Morgan fingerprint density at radius 3 is 2.39 bits per heavy atom. The molecule has 0 bridgehead atoms. The molecule has 1 fully saturated rings. The van der Waals surface area contributed by atoms with Crippen LogP contribution in [0.4, 0.5) is 8.78 Å². The molecule has 0 aromatic heterocycles. The summed E-state index contributed by atoms with van der Waals surface area (Å²) in [5.74, 6) is -1.90. The molecule has 0 radical (unpaired) electrons. The van der Waals surface area contributed by atoms with Gasteiger partial charge in [0.15, 0.2) is 0 Å². The number of nitrogens with one attached hydrogen (secondary N) is 1. The topological polar surface area (TPSA) is 66.5 Å². The molecule has 1 heterocycles. The molecule has 2 aromatic rings. The zero-order valence-electron chi connectivity index (χ0n) is 15.3. The van der Waals surface area contributed by atoms with Crippen molar-refractivity contribution in [3.8, 4) is 0 Å². The van der Waals surface area contributed by atoms with E-state index >= 15 is 0 Å². The first-order valence-corrected chi connectivity index (χ1v) is 10.6. The molecule has 1 unspecified atom stereocenters. The highest BCUT2D eigenvalue weighted by molar-refractivity contribution is 7.89. The van der Waals surface area contributed by atoms with Gasteiger partial charge in [0.25, 0.3) is 0 Å². The van der Waals surface area contributed by atoms with Crippen LogP contribution >= 0.6 is 0 Å². The third kappa shape index (κ3) is 4.56. The maximum atomic E-state index is 13.7. The summed E-state index contributed by atoms with van der Waals surface area (Å²) in [5.41, 5.74) is -0.215. The van der Waals surface area contributed by atoms with Crippen molar-refractivity contribution in [2.24, 2.45) is 0 Å². The third-order valence-corrected chi connectivity index (χ3v) is 6.83. The lowest BCUT2D eigenvalue weighted by molar-refractivity contribution is -0.122. The Bertz CT molecular complexity index is 915. The molecule has 5 nitrogen and oxygen atoms in total. The van der Waals surface area contributed by atoms with Gasteiger partial charge >= 0.3 is 0 Å². The Hall–Kier alpha value is -2.32. The summed E-state index contributed by atoms with van der Waals surface area (Å²) < 4.78 is 54.6. The Labute approximate surface area is 163 Å². The fourth-order valence-corrected chi connectivity index (χ4v) is 5.11. The molecule has 0 saturated carbocycles. The molecule has 3 rings (SSSR count). The Kier molecular flexibility index (Phi) is 6.41. The Morgan fingerprint density at radius 1 is 1.04 bits per heavy atom. The van der Waals surface area contributed by atoms with Crippen LogP contribution < -0.4 is 5.32 Å². The normalized spacial score (nSPS) is 18.0. The smallest absolute Gasteiger partial charge is 0.243 e. The quantitative estimate of drug-likeness (QED) is 0.798. The highest BCUT2D eigenvalue weighted by Gasteiger charge is 2.34. The standard InChI is InChI=1S/C20H22F2N2O3S/c21-18-10-6-11-19(22)17(18)14-23-20(25)13-15-7-4-5-12-24(15)28(26,27)16-8-2-1-3-9-16/h1-3,6,8-11,15H,4-5,7,12-14H2,(H,23,25). The van der Waals surface area contributed by atoms with E-state index in [0.29, 0.717) is 13.0 Å². The largest absolute Gasteiger partial charge is 0.352 e. The number of piperidine rings is 1. The molecule has 1 saturated heterocycles. The fourth-order valence-electron chi connectivity index (χ4n) is 3.40. The lowest BCUT2D eigenvalue weighted by Crippen LogP contribution is -2.45. The van der Waals surface area contributed by atoms with Crippen LogP contribution in [-0.2, 0) is 21.4 Å². The highest BCUT2D eigenvalue weighted by atomic mass is 32.2. The van der Waals surface area contributed by atoms with Crippen LogP contribution in [0.25, 0.3) is 0 Å². The summed E-state index contributed by atoms with van der Waals surface area (Å²) >= 11 is 0. The monoisotopic (exact) mass is 408 g/mol. The highest BCUT2D eigenvalue weighted by Crippen LogP contribution is 2.27. The fraction of sp³-hybridized carbons (Fsp3) is 0.350. The van der Waals surface area contributed by atoms with Crippen LogP contribution in [0.5, 0.6) is 0 Å². The van der Waals surface area contributed by atoms with Gasteiger partial charge in [-0.05, 0) is 37.1 Å². The number of rotatable bonds is 6. The number of sulfonamides is 1. The molecule has 0 spiro atoms. The summed E-state index contributed by atoms with van der Waals surface area (Å²) in [5, 5.41) is 2.50. The number of nitrogens with zero attached hydrogens (tertiary/aromatic N) is 1. The van der Waals surface area contributed by atoms with Crippen LogP contribution in [0.3, 0.4) is 0 Å². The molecule has 2 aromatic carbocycles. The number of carbonyl (C=O) groups is 1. The molecular weight excluding hydrogens is 386 g/mol. The zero-order chi connectivity index (χ0) is 20.1. The summed E-state index contributed by atoms with van der Waals surface area (Å²) in [6.45, 7) is 0.0621. The molecular formula is C20H22F2N2O3S. The average molecular weight is 408 g/mol. The minimum atomic E-state index is -3.70.